The largest absolute Gasteiger partial charge is 0.308 e. The van der Waals surface area contributed by atoms with Gasteiger partial charge in [-0.05, 0) is 90.2 Å². The second-order valence-corrected chi connectivity index (χ2v) is 11.7. The Kier molecular flexibility index (Phi) is 5.18. The van der Waals surface area contributed by atoms with Crippen molar-refractivity contribution in [3.63, 3.8) is 0 Å². The highest BCUT2D eigenvalue weighted by Gasteiger charge is 2.21. The van der Waals surface area contributed by atoms with Gasteiger partial charge in [0.25, 0.3) is 0 Å². The average Bonchev–Trinajstić information content (AvgIpc) is 2.96. The third kappa shape index (κ3) is 3.62. The molecule has 0 radical (unpaired) electrons. The van der Waals surface area contributed by atoms with Gasteiger partial charge >= 0.3 is 0 Å². The molecule has 0 atom stereocenters. The molecule has 3 aromatic carbocycles. The van der Waals surface area contributed by atoms with Gasteiger partial charge in [-0.3, -0.25) is 0 Å². The number of benzene rings is 3. The predicted octanol–water partition coefficient (Wildman–Crippen LogP) is 9.04. The molecule has 0 saturated heterocycles. The maximum atomic E-state index is 14.1. The summed E-state index contributed by atoms with van der Waals surface area (Å²) in [5.74, 6) is -0.281. The SMILES string of the molecule is CC(C)(C)c1ccc2c(c1)c1cc(C(C)(C)C)ccc1n2-c1cc(Br)c(F)cc1Br. The van der Waals surface area contributed by atoms with E-state index in [-0.39, 0.29) is 16.6 Å². The fraction of sp³-hybridized carbons (Fsp3) is 0.308. The fourth-order valence-corrected chi connectivity index (χ4v) is 4.72. The van der Waals surface area contributed by atoms with Crippen molar-refractivity contribution in [2.24, 2.45) is 0 Å². The van der Waals surface area contributed by atoms with Crippen LogP contribution >= 0.6 is 31.9 Å². The Morgan fingerprint density at radius 1 is 0.667 bits per heavy atom. The van der Waals surface area contributed by atoms with Crippen LogP contribution in [0.5, 0.6) is 0 Å². The Labute approximate surface area is 194 Å². The molecule has 0 aliphatic carbocycles. The van der Waals surface area contributed by atoms with Gasteiger partial charge in [-0.15, -0.1) is 0 Å². The van der Waals surface area contributed by atoms with Gasteiger partial charge in [0.2, 0.25) is 0 Å². The Morgan fingerprint density at radius 3 is 1.57 bits per heavy atom. The first-order valence-electron chi connectivity index (χ1n) is 10.1. The molecule has 1 heterocycles. The van der Waals surface area contributed by atoms with Gasteiger partial charge in [0.15, 0.2) is 0 Å². The molecule has 0 bridgehead atoms. The summed E-state index contributed by atoms with van der Waals surface area (Å²) < 4.78 is 17.5. The van der Waals surface area contributed by atoms with Gasteiger partial charge in [-0.2, -0.15) is 0 Å². The molecule has 4 heteroatoms. The topological polar surface area (TPSA) is 4.93 Å². The molecule has 0 N–H and O–H groups in total. The van der Waals surface area contributed by atoms with E-state index < -0.39 is 0 Å². The number of nitrogens with zero attached hydrogens (tertiary/aromatic N) is 1. The first-order chi connectivity index (χ1) is 13.9. The Hall–Kier alpha value is -1.65. The van der Waals surface area contributed by atoms with Crippen LogP contribution in [0.4, 0.5) is 4.39 Å². The number of hydrogen-bond acceptors (Lipinski definition) is 0. The third-order valence-corrected chi connectivity index (χ3v) is 6.97. The molecule has 1 nitrogen and oxygen atoms in total. The Balaban J connectivity index is 2.16. The molecule has 0 fully saturated rings. The molecular weight excluding hydrogens is 505 g/mol. The molecule has 0 spiro atoms. The molecule has 156 valence electrons. The average molecular weight is 531 g/mol. The molecule has 0 aliphatic heterocycles. The summed E-state index contributed by atoms with van der Waals surface area (Å²) in [6.07, 6.45) is 0. The van der Waals surface area contributed by atoms with Crippen LogP contribution in [0.1, 0.15) is 52.7 Å². The highest BCUT2D eigenvalue weighted by molar-refractivity contribution is 9.11. The van der Waals surface area contributed by atoms with Crippen LogP contribution in [0.3, 0.4) is 0 Å². The van der Waals surface area contributed by atoms with E-state index in [0.717, 1.165) is 21.2 Å². The minimum absolute atomic E-state index is 0.0593. The van der Waals surface area contributed by atoms with Crippen molar-refractivity contribution in [1.29, 1.82) is 0 Å². The standard InChI is InChI=1S/C26H26Br2FN/c1-25(2,3)15-7-9-22-17(11-15)18-12-16(26(4,5)6)8-10-23(18)30(22)24-14-19(27)21(29)13-20(24)28/h7-14H,1-6H3. The Morgan fingerprint density at radius 2 is 1.13 bits per heavy atom. The summed E-state index contributed by atoms with van der Waals surface area (Å²) in [6.45, 7) is 13.4. The highest BCUT2D eigenvalue weighted by atomic mass is 79.9. The van der Waals surface area contributed by atoms with Gasteiger partial charge in [-0.1, -0.05) is 53.7 Å². The van der Waals surface area contributed by atoms with Crippen molar-refractivity contribution >= 4 is 53.7 Å². The number of halogens is 3. The maximum absolute atomic E-state index is 14.1. The summed E-state index contributed by atoms with van der Waals surface area (Å²) in [7, 11) is 0. The lowest BCUT2D eigenvalue weighted by Crippen LogP contribution is -2.10. The minimum Gasteiger partial charge on any atom is -0.308 e. The first-order valence-corrected chi connectivity index (χ1v) is 11.7. The quantitative estimate of drug-likeness (QED) is 0.216. The number of aromatic nitrogens is 1. The monoisotopic (exact) mass is 529 g/mol. The summed E-state index contributed by atoms with van der Waals surface area (Å²) in [6, 6.07) is 16.8. The molecule has 0 amide bonds. The van der Waals surface area contributed by atoms with E-state index in [0.29, 0.717) is 4.47 Å². The molecule has 4 rings (SSSR count). The summed E-state index contributed by atoms with van der Waals surface area (Å²) >= 11 is 6.95. The van der Waals surface area contributed by atoms with Crippen molar-refractivity contribution in [2.45, 2.75) is 52.4 Å². The smallest absolute Gasteiger partial charge is 0.138 e. The van der Waals surface area contributed by atoms with Crippen molar-refractivity contribution < 1.29 is 4.39 Å². The van der Waals surface area contributed by atoms with Gasteiger partial charge in [0.1, 0.15) is 5.82 Å². The Bertz CT molecular complexity index is 1220. The summed E-state index contributed by atoms with van der Waals surface area (Å²) in [5, 5.41) is 2.44. The molecule has 30 heavy (non-hydrogen) atoms. The number of hydrogen-bond donors (Lipinski definition) is 0. The van der Waals surface area contributed by atoms with E-state index in [4.69, 9.17) is 0 Å². The first kappa shape index (κ1) is 21.6. The van der Waals surface area contributed by atoms with Gasteiger partial charge < -0.3 is 4.57 Å². The van der Waals surface area contributed by atoms with Gasteiger partial charge in [-0.25, -0.2) is 4.39 Å². The molecule has 4 aromatic rings. The zero-order valence-corrected chi connectivity index (χ0v) is 21.4. The van der Waals surface area contributed by atoms with Crippen LogP contribution in [0.15, 0.2) is 57.5 Å². The van der Waals surface area contributed by atoms with E-state index in [1.54, 1.807) is 0 Å². The lowest BCUT2D eigenvalue weighted by atomic mass is 9.85. The fourth-order valence-electron chi connectivity index (χ4n) is 3.90. The van der Waals surface area contributed by atoms with E-state index in [1.807, 2.05) is 6.07 Å². The van der Waals surface area contributed by atoms with Crippen LogP contribution in [-0.4, -0.2) is 4.57 Å². The summed E-state index contributed by atoms with van der Waals surface area (Å²) in [5.41, 5.74) is 5.86. The maximum Gasteiger partial charge on any atom is 0.138 e. The lowest BCUT2D eigenvalue weighted by Gasteiger charge is -2.19. The van der Waals surface area contributed by atoms with Crippen LogP contribution in [0, 0.1) is 5.82 Å². The number of fused-ring (bicyclic) bond motifs is 3. The van der Waals surface area contributed by atoms with E-state index in [2.05, 4.69) is 114 Å². The zero-order chi connectivity index (χ0) is 22.0. The third-order valence-electron chi connectivity index (χ3n) is 5.73. The van der Waals surface area contributed by atoms with E-state index >= 15 is 0 Å². The molecule has 0 unspecified atom stereocenters. The van der Waals surface area contributed by atoms with Crippen LogP contribution in [0.25, 0.3) is 27.5 Å². The second-order valence-electron chi connectivity index (χ2n) is 10.0. The van der Waals surface area contributed by atoms with Crippen LogP contribution in [0.2, 0.25) is 0 Å². The number of rotatable bonds is 1. The molecule has 0 saturated carbocycles. The van der Waals surface area contributed by atoms with Crippen molar-refractivity contribution in [2.75, 3.05) is 0 Å². The molecule has 1 aromatic heterocycles. The van der Waals surface area contributed by atoms with Crippen LogP contribution < -0.4 is 0 Å². The van der Waals surface area contributed by atoms with Gasteiger partial charge in [0.05, 0.1) is 21.2 Å². The van der Waals surface area contributed by atoms with Crippen molar-refractivity contribution in [3.8, 4) is 5.69 Å². The van der Waals surface area contributed by atoms with E-state index in [1.165, 1.54) is 28.0 Å². The normalized spacial score (nSPS) is 12.8. The van der Waals surface area contributed by atoms with Crippen LogP contribution in [-0.2, 0) is 10.8 Å². The highest BCUT2D eigenvalue weighted by Crippen LogP contribution is 2.39. The zero-order valence-electron chi connectivity index (χ0n) is 18.2. The molecule has 0 aliphatic rings. The predicted molar refractivity (Wildman–Crippen MR) is 134 cm³/mol. The minimum atomic E-state index is -0.281. The van der Waals surface area contributed by atoms with Gasteiger partial charge in [0, 0.05) is 15.2 Å². The molecular formula is C26H26Br2FN. The second kappa shape index (κ2) is 7.20. The lowest BCUT2D eigenvalue weighted by molar-refractivity contribution is 0.590. The summed E-state index contributed by atoms with van der Waals surface area (Å²) in [4.78, 5) is 0. The van der Waals surface area contributed by atoms with Crippen molar-refractivity contribution in [3.05, 3.63) is 74.4 Å². The van der Waals surface area contributed by atoms with Crippen molar-refractivity contribution in [1.82, 2.24) is 4.57 Å². The van der Waals surface area contributed by atoms with E-state index in [9.17, 15) is 4.39 Å².